The molecule has 6 heteroatoms. The maximum Gasteiger partial charge on any atom is 0.230 e. The van der Waals surface area contributed by atoms with Gasteiger partial charge in [0, 0.05) is 24.1 Å². The van der Waals surface area contributed by atoms with E-state index in [0.29, 0.717) is 24.3 Å². The van der Waals surface area contributed by atoms with E-state index in [1.165, 1.54) is 12.1 Å². The van der Waals surface area contributed by atoms with Crippen molar-refractivity contribution in [1.82, 2.24) is 10.3 Å². The lowest BCUT2D eigenvalue weighted by atomic mass is 10.1. The number of rotatable bonds is 9. The molecule has 3 aromatic rings. The first-order valence-electron chi connectivity index (χ1n) is 9.53. The van der Waals surface area contributed by atoms with Crippen molar-refractivity contribution in [3.8, 4) is 0 Å². The van der Waals surface area contributed by atoms with Crippen molar-refractivity contribution in [2.45, 2.75) is 18.9 Å². The standard InChI is InChI=1S/C23H24FN3O2/c24-19-6-4-5-18(14-19)22(28)16-25-11-9-17-10-12-26-21(13-17)15-23(29)27-20-7-2-1-3-8-20/h1-8,10,12-14,22,25,28H,9,11,15-16H2,(H,27,29). The number of nitrogens with zero attached hydrogens (tertiary/aromatic N) is 1. The largest absolute Gasteiger partial charge is 0.387 e. The van der Waals surface area contributed by atoms with Crippen molar-refractivity contribution >= 4 is 11.6 Å². The molecule has 29 heavy (non-hydrogen) atoms. The predicted molar refractivity (Wildman–Crippen MR) is 111 cm³/mol. The van der Waals surface area contributed by atoms with Gasteiger partial charge in [0.1, 0.15) is 5.82 Å². The van der Waals surface area contributed by atoms with Crippen LogP contribution in [0.3, 0.4) is 0 Å². The Kier molecular flexibility index (Phi) is 7.44. The molecule has 3 rings (SSSR count). The molecular weight excluding hydrogens is 369 g/mol. The van der Waals surface area contributed by atoms with Crippen molar-refractivity contribution < 1.29 is 14.3 Å². The van der Waals surface area contributed by atoms with Crippen LogP contribution in [0, 0.1) is 5.82 Å². The second-order valence-electron chi connectivity index (χ2n) is 6.77. The average molecular weight is 393 g/mol. The van der Waals surface area contributed by atoms with Gasteiger partial charge in [-0.25, -0.2) is 4.39 Å². The lowest BCUT2D eigenvalue weighted by Crippen LogP contribution is -2.24. The summed E-state index contributed by atoms with van der Waals surface area (Å²) in [7, 11) is 0. The quantitative estimate of drug-likeness (QED) is 0.488. The lowest BCUT2D eigenvalue weighted by Gasteiger charge is -2.12. The van der Waals surface area contributed by atoms with Gasteiger partial charge in [-0.2, -0.15) is 0 Å². The topological polar surface area (TPSA) is 74.2 Å². The van der Waals surface area contributed by atoms with Gasteiger partial charge in [-0.15, -0.1) is 0 Å². The third kappa shape index (κ3) is 6.78. The third-order valence-corrected chi connectivity index (χ3v) is 4.44. The Morgan fingerprint density at radius 3 is 2.69 bits per heavy atom. The van der Waals surface area contributed by atoms with E-state index in [1.807, 2.05) is 42.5 Å². The van der Waals surface area contributed by atoms with E-state index >= 15 is 0 Å². The van der Waals surface area contributed by atoms with Gasteiger partial charge in [-0.3, -0.25) is 9.78 Å². The van der Waals surface area contributed by atoms with Crippen LogP contribution in [0.2, 0.25) is 0 Å². The fourth-order valence-corrected chi connectivity index (χ4v) is 2.97. The van der Waals surface area contributed by atoms with Crippen LogP contribution in [0.5, 0.6) is 0 Å². The number of aromatic nitrogens is 1. The minimum atomic E-state index is -0.764. The second-order valence-corrected chi connectivity index (χ2v) is 6.77. The van der Waals surface area contributed by atoms with E-state index < -0.39 is 6.10 Å². The summed E-state index contributed by atoms with van der Waals surface area (Å²) in [5, 5.41) is 16.1. The van der Waals surface area contributed by atoms with Crippen LogP contribution >= 0.6 is 0 Å². The number of anilines is 1. The summed E-state index contributed by atoms with van der Waals surface area (Å²) in [6, 6.07) is 19.1. The lowest BCUT2D eigenvalue weighted by molar-refractivity contribution is -0.115. The van der Waals surface area contributed by atoms with Crippen molar-refractivity contribution in [2.75, 3.05) is 18.4 Å². The van der Waals surface area contributed by atoms with Crippen LogP contribution in [0.1, 0.15) is 22.9 Å². The average Bonchev–Trinajstić information content (AvgIpc) is 2.72. The molecule has 5 nitrogen and oxygen atoms in total. The summed E-state index contributed by atoms with van der Waals surface area (Å²) in [6.45, 7) is 0.979. The molecule has 0 radical (unpaired) electrons. The Morgan fingerprint density at radius 2 is 1.90 bits per heavy atom. The van der Waals surface area contributed by atoms with Gasteiger partial charge >= 0.3 is 0 Å². The zero-order valence-corrected chi connectivity index (χ0v) is 16.0. The molecule has 0 aliphatic carbocycles. The fraction of sp³-hybridized carbons (Fsp3) is 0.217. The summed E-state index contributed by atoms with van der Waals surface area (Å²) >= 11 is 0. The number of hydrogen-bond donors (Lipinski definition) is 3. The molecule has 0 spiro atoms. The molecule has 1 aromatic heterocycles. The van der Waals surface area contributed by atoms with Crippen molar-refractivity contribution in [2.24, 2.45) is 0 Å². The number of aliphatic hydroxyl groups is 1. The fourth-order valence-electron chi connectivity index (χ4n) is 2.97. The third-order valence-electron chi connectivity index (χ3n) is 4.44. The molecule has 0 bridgehead atoms. The first kappa shape index (κ1) is 20.6. The number of aliphatic hydroxyl groups excluding tert-OH is 1. The van der Waals surface area contributed by atoms with E-state index in [0.717, 1.165) is 17.7 Å². The maximum absolute atomic E-state index is 13.2. The number of pyridine rings is 1. The summed E-state index contributed by atoms with van der Waals surface area (Å²) in [4.78, 5) is 16.4. The van der Waals surface area contributed by atoms with E-state index in [-0.39, 0.29) is 18.1 Å². The van der Waals surface area contributed by atoms with Gasteiger partial charge in [-0.1, -0.05) is 30.3 Å². The molecule has 0 fully saturated rings. The molecule has 0 aliphatic heterocycles. The van der Waals surface area contributed by atoms with Gasteiger partial charge in [0.15, 0.2) is 0 Å². The first-order chi connectivity index (χ1) is 14.1. The number of benzene rings is 2. The van der Waals surface area contributed by atoms with Crippen LogP contribution in [-0.4, -0.2) is 29.1 Å². The predicted octanol–water partition coefficient (Wildman–Crippen LogP) is 3.27. The zero-order chi connectivity index (χ0) is 20.5. The highest BCUT2D eigenvalue weighted by molar-refractivity contribution is 5.91. The first-order valence-corrected chi connectivity index (χ1v) is 9.53. The van der Waals surface area contributed by atoms with Gasteiger partial charge in [0.2, 0.25) is 5.91 Å². The van der Waals surface area contributed by atoms with Crippen molar-refractivity contribution in [3.63, 3.8) is 0 Å². The van der Waals surface area contributed by atoms with Crippen LogP contribution in [0.15, 0.2) is 72.9 Å². The minimum Gasteiger partial charge on any atom is -0.387 e. The Balaban J connectivity index is 1.44. The van der Waals surface area contributed by atoms with Gasteiger partial charge in [-0.05, 0) is 60.5 Å². The van der Waals surface area contributed by atoms with Crippen LogP contribution < -0.4 is 10.6 Å². The summed E-state index contributed by atoms with van der Waals surface area (Å²) in [6.07, 6.45) is 1.86. The van der Waals surface area contributed by atoms with Gasteiger partial charge in [0.25, 0.3) is 0 Å². The molecule has 3 N–H and O–H groups in total. The monoisotopic (exact) mass is 393 g/mol. The number of amides is 1. The molecular formula is C23H24FN3O2. The Hall–Kier alpha value is -3.09. The number of hydrogen-bond acceptors (Lipinski definition) is 4. The molecule has 0 saturated heterocycles. The summed E-state index contributed by atoms with van der Waals surface area (Å²) in [5.41, 5.74) is 3.06. The van der Waals surface area contributed by atoms with Crippen molar-refractivity contribution in [3.05, 3.63) is 95.6 Å². The van der Waals surface area contributed by atoms with E-state index in [9.17, 15) is 14.3 Å². The van der Waals surface area contributed by atoms with Crippen molar-refractivity contribution in [1.29, 1.82) is 0 Å². The van der Waals surface area contributed by atoms with Crippen LogP contribution in [0.4, 0.5) is 10.1 Å². The smallest absolute Gasteiger partial charge is 0.230 e. The molecule has 1 atom stereocenters. The SMILES string of the molecule is O=C(Cc1cc(CCNCC(O)c2cccc(F)c2)ccn1)Nc1ccccc1. The molecule has 150 valence electrons. The highest BCUT2D eigenvalue weighted by Crippen LogP contribution is 2.13. The molecule has 1 amide bonds. The normalized spacial score (nSPS) is 11.8. The zero-order valence-electron chi connectivity index (χ0n) is 16.0. The minimum absolute atomic E-state index is 0.114. The molecule has 1 unspecified atom stereocenters. The highest BCUT2D eigenvalue weighted by atomic mass is 19.1. The summed E-state index contributed by atoms with van der Waals surface area (Å²) < 4.78 is 13.2. The van der Waals surface area contributed by atoms with Gasteiger partial charge < -0.3 is 15.7 Å². The van der Waals surface area contributed by atoms with Gasteiger partial charge in [0.05, 0.1) is 12.5 Å². The van der Waals surface area contributed by atoms with E-state index in [1.54, 1.807) is 18.3 Å². The number of nitrogens with one attached hydrogen (secondary N) is 2. The Morgan fingerprint density at radius 1 is 1.07 bits per heavy atom. The van der Waals surface area contributed by atoms with Crippen LogP contribution in [0.25, 0.3) is 0 Å². The van der Waals surface area contributed by atoms with E-state index in [2.05, 4.69) is 15.6 Å². The Bertz CT molecular complexity index is 934. The molecule has 2 aromatic carbocycles. The molecule has 1 heterocycles. The highest BCUT2D eigenvalue weighted by Gasteiger charge is 2.08. The molecule has 0 aliphatic rings. The number of halogens is 1. The number of carbonyl (C=O) groups is 1. The van der Waals surface area contributed by atoms with E-state index in [4.69, 9.17) is 0 Å². The van der Waals surface area contributed by atoms with Crippen LogP contribution in [-0.2, 0) is 17.6 Å². The summed E-state index contributed by atoms with van der Waals surface area (Å²) in [5.74, 6) is -0.473. The maximum atomic E-state index is 13.2. The second kappa shape index (κ2) is 10.5. The molecule has 0 saturated carbocycles. The Labute approximate surface area is 169 Å². The number of para-hydroxylation sites is 1. The number of carbonyl (C=O) groups excluding carboxylic acids is 1.